The molecule has 0 aromatic heterocycles. The Balaban J connectivity index is 4.11. The molecule has 3 N–H and O–H groups in total. The monoisotopic (exact) mass is 210 g/mol. The van der Waals surface area contributed by atoms with Gasteiger partial charge in [0.15, 0.2) is 0 Å². The second-order valence-corrected chi connectivity index (χ2v) is 3.25. The molecule has 3 nitrogen and oxygen atoms in total. The minimum atomic E-state index is -2.35. The summed E-state index contributed by atoms with van der Waals surface area (Å²) in [6.45, 7) is 2.36. The number of nitrogens with two attached hydrogens (primary N) is 1. The van der Waals surface area contributed by atoms with Crippen molar-refractivity contribution in [2.45, 2.75) is 32.2 Å². The van der Waals surface area contributed by atoms with Gasteiger partial charge in [-0.05, 0) is 19.4 Å². The zero-order valence-electron chi connectivity index (χ0n) is 8.63. The first-order valence-corrected chi connectivity index (χ1v) is 4.98. The predicted octanol–water partition coefficient (Wildman–Crippen LogP) is 0.673. The van der Waals surface area contributed by atoms with Crippen LogP contribution in [-0.4, -0.2) is 48.7 Å². The molecular weight excluding hydrogens is 190 g/mol. The van der Waals surface area contributed by atoms with Gasteiger partial charge in [0.05, 0.1) is 13.2 Å². The van der Waals surface area contributed by atoms with Crippen LogP contribution in [0.15, 0.2) is 0 Å². The molecular formula is C9H20F2N2O. The lowest BCUT2D eigenvalue weighted by atomic mass is 10.1. The second kappa shape index (κ2) is 8.08. The Labute approximate surface area is 83.9 Å². The van der Waals surface area contributed by atoms with Crippen LogP contribution in [-0.2, 0) is 0 Å². The van der Waals surface area contributed by atoms with Crippen LogP contribution in [0.2, 0.25) is 0 Å². The molecule has 0 aliphatic rings. The molecule has 0 heterocycles. The van der Waals surface area contributed by atoms with Gasteiger partial charge in [-0.2, -0.15) is 0 Å². The topological polar surface area (TPSA) is 49.5 Å². The summed E-state index contributed by atoms with van der Waals surface area (Å²) in [7, 11) is 0. The van der Waals surface area contributed by atoms with Crippen LogP contribution in [0.4, 0.5) is 8.78 Å². The number of aliphatic hydroxyl groups excluding tert-OH is 1. The van der Waals surface area contributed by atoms with E-state index in [1.54, 1.807) is 4.90 Å². The number of hydrogen-bond acceptors (Lipinski definition) is 3. The summed E-state index contributed by atoms with van der Waals surface area (Å²) in [6, 6.07) is 0.0566. The van der Waals surface area contributed by atoms with Gasteiger partial charge in [-0.1, -0.05) is 6.92 Å². The van der Waals surface area contributed by atoms with Gasteiger partial charge in [-0.25, -0.2) is 8.78 Å². The molecule has 0 rings (SSSR count). The Hall–Kier alpha value is -0.260. The summed E-state index contributed by atoms with van der Waals surface area (Å²) >= 11 is 0. The van der Waals surface area contributed by atoms with Gasteiger partial charge in [0.1, 0.15) is 0 Å². The van der Waals surface area contributed by atoms with E-state index in [0.717, 1.165) is 6.42 Å². The van der Waals surface area contributed by atoms with Crippen molar-refractivity contribution in [2.24, 2.45) is 5.73 Å². The molecule has 14 heavy (non-hydrogen) atoms. The van der Waals surface area contributed by atoms with Crippen molar-refractivity contribution < 1.29 is 13.9 Å². The lowest BCUT2D eigenvalue weighted by molar-refractivity contribution is 0.0517. The highest BCUT2D eigenvalue weighted by Gasteiger charge is 2.19. The average Bonchev–Trinajstić information content (AvgIpc) is 2.13. The zero-order chi connectivity index (χ0) is 11.0. The molecule has 0 spiro atoms. The van der Waals surface area contributed by atoms with Crippen LogP contribution >= 0.6 is 0 Å². The third-order valence-corrected chi connectivity index (χ3v) is 2.25. The maximum absolute atomic E-state index is 12.2. The first-order chi connectivity index (χ1) is 6.65. The zero-order valence-corrected chi connectivity index (χ0v) is 8.63. The predicted molar refractivity (Wildman–Crippen MR) is 52.4 cm³/mol. The normalized spacial score (nSPS) is 13.9. The fourth-order valence-electron chi connectivity index (χ4n) is 1.57. The fourth-order valence-corrected chi connectivity index (χ4v) is 1.57. The van der Waals surface area contributed by atoms with Gasteiger partial charge in [0, 0.05) is 12.6 Å². The van der Waals surface area contributed by atoms with E-state index in [1.807, 2.05) is 6.92 Å². The van der Waals surface area contributed by atoms with Gasteiger partial charge in [0.25, 0.3) is 6.43 Å². The highest BCUT2D eigenvalue weighted by atomic mass is 19.3. The molecule has 1 atom stereocenters. The molecule has 0 aromatic carbocycles. The van der Waals surface area contributed by atoms with Gasteiger partial charge in [-0.15, -0.1) is 0 Å². The molecule has 0 aromatic rings. The number of alkyl halides is 2. The number of aliphatic hydroxyl groups is 1. The summed E-state index contributed by atoms with van der Waals surface area (Å²) in [5.41, 5.74) is 5.39. The maximum Gasteiger partial charge on any atom is 0.251 e. The molecule has 0 bridgehead atoms. The van der Waals surface area contributed by atoms with Crippen molar-refractivity contribution in [1.29, 1.82) is 0 Å². The number of hydrogen-bond donors (Lipinski definition) is 2. The van der Waals surface area contributed by atoms with Crippen LogP contribution in [0.1, 0.15) is 19.8 Å². The van der Waals surface area contributed by atoms with E-state index in [1.165, 1.54) is 0 Å². The lowest BCUT2D eigenvalue weighted by Crippen LogP contribution is -2.41. The van der Waals surface area contributed by atoms with Gasteiger partial charge < -0.3 is 10.8 Å². The van der Waals surface area contributed by atoms with E-state index in [4.69, 9.17) is 10.8 Å². The largest absolute Gasteiger partial charge is 0.395 e. The summed E-state index contributed by atoms with van der Waals surface area (Å²) in [5.74, 6) is 0. The summed E-state index contributed by atoms with van der Waals surface area (Å²) in [5, 5.41) is 8.74. The SMILES string of the molecule is CCC(CCN)N(CCO)CC(F)F. The first kappa shape index (κ1) is 13.7. The Morgan fingerprint density at radius 1 is 1.43 bits per heavy atom. The summed E-state index contributed by atoms with van der Waals surface area (Å²) in [4.78, 5) is 1.61. The molecule has 0 fully saturated rings. The van der Waals surface area contributed by atoms with Gasteiger partial charge in [-0.3, -0.25) is 4.90 Å². The van der Waals surface area contributed by atoms with Crippen molar-refractivity contribution in [3.63, 3.8) is 0 Å². The minimum absolute atomic E-state index is 0.0566. The average molecular weight is 210 g/mol. The first-order valence-electron chi connectivity index (χ1n) is 4.98. The molecule has 86 valence electrons. The van der Waals surface area contributed by atoms with E-state index in [9.17, 15) is 8.78 Å². The highest BCUT2D eigenvalue weighted by Crippen LogP contribution is 2.10. The molecule has 0 saturated heterocycles. The van der Waals surface area contributed by atoms with E-state index in [0.29, 0.717) is 19.5 Å². The van der Waals surface area contributed by atoms with Gasteiger partial charge >= 0.3 is 0 Å². The quantitative estimate of drug-likeness (QED) is 0.619. The van der Waals surface area contributed by atoms with Crippen LogP contribution in [0.25, 0.3) is 0 Å². The Bertz CT molecular complexity index is 136. The second-order valence-electron chi connectivity index (χ2n) is 3.25. The van der Waals surface area contributed by atoms with Crippen molar-refractivity contribution in [2.75, 3.05) is 26.2 Å². The summed E-state index contributed by atoms with van der Waals surface area (Å²) < 4.78 is 24.4. The molecule has 0 radical (unpaired) electrons. The van der Waals surface area contributed by atoms with E-state index >= 15 is 0 Å². The number of halogens is 2. The molecule has 0 saturated carbocycles. The minimum Gasteiger partial charge on any atom is -0.395 e. The van der Waals surface area contributed by atoms with Crippen molar-refractivity contribution in [3.05, 3.63) is 0 Å². The molecule has 0 aliphatic carbocycles. The van der Waals surface area contributed by atoms with Crippen LogP contribution in [0, 0.1) is 0 Å². The van der Waals surface area contributed by atoms with Crippen molar-refractivity contribution >= 4 is 0 Å². The maximum atomic E-state index is 12.2. The Morgan fingerprint density at radius 3 is 2.43 bits per heavy atom. The molecule has 1 unspecified atom stereocenters. The van der Waals surface area contributed by atoms with Crippen LogP contribution in [0.3, 0.4) is 0 Å². The van der Waals surface area contributed by atoms with Crippen LogP contribution < -0.4 is 5.73 Å². The highest BCUT2D eigenvalue weighted by molar-refractivity contribution is 4.71. The van der Waals surface area contributed by atoms with Crippen molar-refractivity contribution in [3.8, 4) is 0 Å². The summed E-state index contributed by atoms with van der Waals surface area (Å²) in [6.07, 6.45) is -0.874. The standard InChI is InChI=1S/C9H20F2N2O/c1-2-8(3-4-12)13(5-6-14)7-9(10)11/h8-9,14H,2-7,12H2,1H3. The van der Waals surface area contributed by atoms with E-state index < -0.39 is 6.43 Å². The fraction of sp³-hybridized carbons (Fsp3) is 1.00. The number of rotatable bonds is 8. The van der Waals surface area contributed by atoms with E-state index in [2.05, 4.69) is 0 Å². The Kier molecular flexibility index (Phi) is 7.93. The van der Waals surface area contributed by atoms with E-state index in [-0.39, 0.29) is 19.2 Å². The lowest BCUT2D eigenvalue weighted by Gasteiger charge is -2.29. The smallest absolute Gasteiger partial charge is 0.251 e. The van der Waals surface area contributed by atoms with Crippen LogP contribution in [0.5, 0.6) is 0 Å². The molecule has 5 heteroatoms. The van der Waals surface area contributed by atoms with Gasteiger partial charge in [0.2, 0.25) is 0 Å². The third-order valence-electron chi connectivity index (χ3n) is 2.25. The number of nitrogens with zero attached hydrogens (tertiary/aromatic N) is 1. The molecule has 0 amide bonds. The van der Waals surface area contributed by atoms with Crippen molar-refractivity contribution in [1.82, 2.24) is 4.90 Å². The Morgan fingerprint density at radius 2 is 2.07 bits per heavy atom. The third kappa shape index (κ3) is 5.47. The molecule has 0 aliphatic heterocycles.